The Morgan fingerprint density at radius 1 is 1.11 bits per heavy atom. The molecule has 3 heteroatoms. The Bertz CT molecular complexity index is 344. The second kappa shape index (κ2) is 8.23. The van der Waals surface area contributed by atoms with Crippen LogP contribution in [0.15, 0.2) is 10.6 Å². The smallest absolute Gasteiger partial charge is 0.169 e. The molecule has 1 aromatic rings. The predicted molar refractivity (Wildman–Crippen MR) is 79.6 cm³/mol. The topological polar surface area (TPSA) is 38.1 Å². The molecule has 0 aromatic carbocycles. The fourth-order valence-corrected chi connectivity index (χ4v) is 2.41. The van der Waals surface area contributed by atoms with Crippen molar-refractivity contribution < 1.29 is 4.52 Å². The van der Waals surface area contributed by atoms with Gasteiger partial charge in [0.1, 0.15) is 5.76 Å². The van der Waals surface area contributed by atoms with Gasteiger partial charge in [-0.25, -0.2) is 0 Å². The fourth-order valence-electron chi connectivity index (χ4n) is 2.41. The van der Waals surface area contributed by atoms with E-state index in [9.17, 15) is 0 Å². The van der Waals surface area contributed by atoms with Crippen LogP contribution in [0, 0.1) is 0 Å². The molecular formula is C16H28N2O. The SMILES string of the molecule is CCCCCCCCCCNc1cc(C2CC2)on1. The minimum absolute atomic E-state index is 0.658. The van der Waals surface area contributed by atoms with Gasteiger partial charge in [-0.1, -0.05) is 57.0 Å². The van der Waals surface area contributed by atoms with Crippen molar-refractivity contribution in [3.63, 3.8) is 0 Å². The van der Waals surface area contributed by atoms with Gasteiger partial charge in [-0.2, -0.15) is 0 Å². The monoisotopic (exact) mass is 264 g/mol. The van der Waals surface area contributed by atoms with Crippen molar-refractivity contribution in [3.8, 4) is 0 Å². The Balaban J connectivity index is 1.43. The summed E-state index contributed by atoms with van der Waals surface area (Å²) >= 11 is 0. The largest absolute Gasteiger partial charge is 0.367 e. The highest BCUT2D eigenvalue weighted by molar-refractivity contribution is 5.35. The fraction of sp³-hybridized carbons (Fsp3) is 0.812. The zero-order valence-electron chi connectivity index (χ0n) is 12.3. The lowest BCUT2D eigenvalue weighted by atomic mass is 10.1. The summed E-state index contributed by atoms with van der Waals surface area (Å²) in [5, 5.41) is 7.41. The lowest BCUT2D eigenvalue weighted by Gasteiger charge is -2.02. The minimum Gasteiger partial charge on any atom is -0.367 e. The van der Waals surface area contributed by atoms with E-state index in [1.54, 1.807) is 0 Å². The van der Waals surface area contributed by atoms with Gasteiger partial charge in [-0.05, 0) is 19.3 Å². The van der Waals surface area contributed by atoms with Crippen molar-refractivity contribution in [2.24, 2.45) is 0 Å². The van der Waals surface area contributed by atoms with Crippen LogP contribution in [-0.2, 0) is 0 Å². The zero-order valence-corrected chi connectivity index (χ0v) is 12.3. The normalized spacial score (nSPS) is 14.8. The van der Waals surface area contributed by atoms with Crippen molar-refractivity contribution in [1.82, 2.24) is 5.16 Å². The average Bonchev–Trinajstić information content (AvgIpc) is 3.17. The molecule has 1 aliphatic rings. The van der Waals surface area contributed by atoms with Crippen LogP contribution in [0.5, 0.6) is 0 Å². The first-order chi connectivity index (χ1) is 9.40. The molecule has 1 saturated carbocycles. The van der Waals surface area contributed by atoms with Gasteiger partial charge in [0.15, 0.2) is 5.82 Å². The molecule has 1 fully saturated rings. The Morgan fingerprint density at radius 2 is 1.79 bits per heavy atom. The predicted octanol–water partition coefficient (Wildman–Crippen LogP) is 5.10. The first-order valence-corrected chi connectivity index (χ1v) is 8.10. The highest BCUT2D eigenvalue weighted by Gasteiger charge is 2.27. The van der Waals surface area contributed by atoms with Crippen LogP contribution in [0.3, 0.4) is 0 Å². The highest BCUT2D eigenvalue weighted by atomic mass is 16.5. The second-order valence-electron chi connectivity index (χ2n) is 5.79. The molecule has 19 heavy (non-hydrogen) atoms. The van der Waals surface area contributed by atoms with Crippen LogP contribution >= 0.6 is 0 Å². The first kappa shape index (κ1) is 14.4. The molecule has 0 spiro atoms. The van der Waals surface area contributed by atoms with Crippen molar-refractivity contribution in [3.05, 3.63) is 11.8 Å². The number of unbranched alkanes of at least 4 members (excludes halogenated alkanes) is 7. The third kappa shape index (κ3) is 5.66. The summed E-state index contributed by atoms with van der Waals surface area (Å²) in [6.45, 7) is 3.29. The number of hydrogen-bond acceptors (Lipinski definition) is 3. The van der Waals surface area contributed by atoms with Crippen molar-refractivity contribution in [1.29, 1.82) is 0 Å². The Hall–Kier alpha value is -0.990. The van der Waals surface area contributed by atoms with Crippen LogP contribution in [0.25, 0.3) is 0 Å². The maximum absolute atomic E-state index is 5.31. The van der Waals surface area contributed by atoms with E-state index in [1.165, 1.54) is 64.2 Å². The molecule has 0 saturated heterocycles. The summed E-state index contributed by atoms with van der Waals surface area (Å²) in [6.07, 6.45) is 13.4. The summed E-state index contributed by atoms with van der Waals surface area (Å²) in [5.41, 5.74) is 0. The minimum atomic E-state index is 0.658. The van der Waals surface area contributed by atoms with Gasteiger partial charge >= 0.3 is 0 Å². The third-order valence-electron chi connectivity index (χ3n) is 3.84. The van der Waals surface area contributed by atoms with E-state index >= 15 is 0 Å². The van der Waals surface area contributed by atoms with E-state index in [0.29, 0.717) is 5.92 Å². The van der Waals surface area contributed by atoms with Crippen LogP contribution < -0.4 is 5.32 Å². The van der Waals surface area contributed by atoms with Crippen LogP contribution in [0.1, 0.15) is 82.8 Å². The number of nitrogens with zero attached hydrogens (tertiary/aromatic N) is 1. The summed E-state index contributed by atoms with van der Waals surface area (Å²) in [7, 11) is 0. The first-order valence-electron chi connectivity index (χ1n) is 8.10. The Labute approximate surface area is 117 Å². The summed E-state index contributed by atoms with van der Waals surface area (Å²) in [4.78, 5) is 0. The number of hydrogen-bond donors (Lipinski definition) is 1. The van der Waals surface area contributed by atoms with Gasteiger partial charge in [0.25, 0.3) is 0 Å². The van der Waals surface area contributed by atoms with Gasteiger partial charge in [0, 0.05) is 18.5 Å². The van der Waals surface area contributed by atoms with E-state index in [1.807, 2.05) is 0 Å². The van der Waals surface area contributed by atoms with Gasteiger partial charge in [0.05, 0.1) is 0 Å². The van der Waals surface area contributed by atoms with Gasteiger partial charge in [-0.15, -0.1) is 0 Å². The summed E-state index contributed by atoms with van der Waals surface area (Å²) in [6, 6.07) is 2.07. The average molecular weight is 264 g/mol. The van der Waals surface area contributed by atoms with Crippen molar-refractivity contribution in [2.75, 3.05) is 11.9 Å². The molecule has 0 atom stereocenters. The van der Waals surface area contributed by atoms with Gasteiger partial charge in [0.2, 0.25) is 0 Å². The molecule has 1 N–H and O–H groups in total. The molecule has 0 bridgehead atoms. The Kier molecular flexibility index (Phi) is 6.25. The van der Waals surface area contributed by atoms with Gasteiger partial charge in [-0.3, -0.25) is 0 Å². The van der Waals surface area contributed by atoms with Crippen LogP contribution in [0.2, 0.25) is 0 Å². The molecule has 0 radical (unpaired) electrons. The van der Waals surface area contributed by atoms with E-state index in [4.69, 9.17) is 4.52 Å². The maximum atomic E-state index is 5.31. The molecule has 1 aromatic heterocycles. The standard InChI is InChI=1S/C16H28N2O/c1-2-3-4-5-6-7-8-9-12-17-16-13-15(19-18-16)14-10-11-14/h13-14H,2-12H2,1H3,(H,17,18). The quantitative estimate of drug-likeness (QED) is 0.565. The number of rotatable bonds is 11. The van der Waals surface area contributed by atoms with Crippen LogP contribution in [0.4, 0.5) is 5.82 Å². The van der Waals surface area contributed by atoms with Crippen LogP contribution in [-0.4, -0.2) is 11.7 Å². The Morgan fingerprint density at radius 3 is 2.47 bits per heavy atom. The number of aromatic nitrogens is 1. The lowest BCUT2D eigenvalue weighted by molar-refractivity contribution is 0.386. The molecule has 0 amide bonds. The third-order valence-corrected chi connectivity index (χ3v) is 3.84. The zero-order chi connectivity index (χ0) is 13.3. The van der Waals surface area contributed by atoms with E-state index < -0.39 is 0 Å². The van der Waals surface area contributed by atoms with E-state index in [2.05, 4.69) is 23.5 Å². The van der Waals surface area contributed by atoms with Crippen molar-refractivity contribution in [2.45, 2.75) is 77.0 Å². The number of anilines is 1. The molecular weight excluding hydrogens is 236 g/mol. The van der Waals surface area contributed by atoms with E-state index in [0.717, 1.165) is 18.1 Å². The van der Waals surface area contributed by atoms with E-state index in [-0.39, 0.29) is 0 Å². The molecule has 108 valence electrons. The molecule has 2 rings (SSSR count). The van der Waals surface area contributed by atoms with Crippen molar-refractivity contribution >= 4 is 5.82 Å². The maximum Gasteiger partial charge on any atom is 0.169 e. The summed E-state index contributed by atoms with van der Waals surface area (Å²) < 4.78 is 5.31. The molecule has 0 unspecified atom stereocenters. The molecule has 1 heterocycles. The van der Waals surface area contributed by atoms with Gasteiger partial charge < -0.3 is 9.84 Å². The molecule has 0 aliphatic heterocycles. The molecule has 1 aliphatic carbocycles. The number of nitrogens with one attached hydrogen (secondary N) is 1. The second-order valence-corrected chi connectivity index (χ2v) is 5.79. The summed E-state index contributed by atoms with van der Waals surface area (Å²) in [5.74, 6) is 2.65. The highest BCUT2D eigenvalue weighted by Crippen LogP contribution is 2.40. The lowest BCUT2D eigenvalue weighted by Crippen LogP contribution is -2.01. The molecule has 3 nitrogen and oxygen atoms in total.